The molecule has 0 amide bonds. The van der Waals surface area contributed by atoms with E-state index >= 15 is 0 Å². The van der Waals surface area contributed by atoms with Crippen LogP contribution < -0.4 is 0 Å². The van der Waals surface area contributed by atoms with Gasteiger partial charge in [-0.1, -0.05) is 218 Å². The van der Waals surface area contributed by atoms with E-state index in [4.69, 9.17) is 0 Å². The number of nitrogens with zero attached hydrogens (tertiary/aromatic N) is 1. The van der Waals surface area contributed by atoms with E-state index in [9.17, 15) is 0 Å². The Balaban J connectivity index is 0.937. The van der Waals surface area contributed by atoms with Crippen LogP contribution in [0.5, 0.6) is 0 Å². The molecule has 11 rings (SSSR count). The third-order valence-corrected chi connectivity index (χ3v) is 12.7. The predicted octanol–water partition coefficient (Wildman–Crippen LogP) is 16.5. The first-order valence-corrected chi connectivity index (χ1v) is 22.4. The van der Waals surface area contributed by atoms with Gasteiger partial charge in [-0.3, -0.25) is 0 Å². The molecule has 0 radical (unpaired) electrons. The molecule has 1 aromatic heterocycles. The SMILES string of the molecule is C1=CC(c2ccccc2)=CC=C(/C=C(/Cc2ccc(-c3ccc(-n4c5ccc(-c6ccccc6)cc5c5cc(Cc6ccccc6)c6ccccc6c54)cc3)cc2)c2ccccc2)C1. The fraction of sp³-hybridized carbons (Fsp3) is 0.0476. The highest BCUT2D eigenvalue weighted by Crippen LogP contribution is 2.41. The minimum absolute atomic E-state index is 0.848. The highest BCUT2D eigenvalue weighted by Gasteiger charge is 2.19. The predicted molar refractivity (Wildman–Crippen MR) is 273 cm³/mol. The second-order valence-electron chi connectivity index (χ2n) is 16.9. The zero-order chi connectivity index (χ0) is 42.7. The zero-order valence-electron chi connectivity index (χ0n) is 35.7. The first-order chi connectivity index (χ1) is 31.7. The van der Waals surface area contributed by atoms with E-state index in [2.05, 4.69) is 253 Å². The van der Waals surface area contributed by atoms with Crippen molar-refractivity contribution in [1.29, 1.82) is 0 Å². The molecule has 304 valence electrons. The van der Waals surface area contributed by atoms with Gasteiger partial charge in [0, 0.05) is 21.8 Å². The van der Waals surface area contributed by atoms with Gasteiger partial charge in [0.2, 0.25) is 0 Å². The van der Waals surface area contributed by atoms with Crippen molar-refractivity contribution >= 4 is 43.7 Å². The van der Waals surface area contributed by atoms with Crippen LogP contribution in [0.25, 0.3) is 71.7 Å². The lowest BCUT2D eigenvalue weighted by atomic mass is 9.94. The lowest BCUT2D eigenvalue weighted by molar-refractivity contribution is 1.18. The number of hydrogen-bond donors (Lipinski definition) is 0. The molecular formula is C63H47N. The highest BCUT2D eigenvalue weighted by atomic mass is 15.0. The smallest absolute Gasteiger partial charge is 0.0619 e. The second kappa shape index (κ2) is 17.4. The Morgan fingerprint density at radius 3 is 1.77 bits per heavy atom. The Morgan fingerprint density at radius 1 is 0.453 bits per heavy atom. The fourth-order valence-electron chi connectivity index (χ4n) is 9.51. The maximum atomic E-state index is 2.48. The van der Waals surface area contributed by atoms with Gasteiger partial charge in [0.1, 0.15) is 0 Å². The van der Waals surface area contributed by atoms with Gasteiger partial charge in [-0.25, -0.2) is 0 Å². The summed E-state index contributed by atoms with van der Waals surface area (Å²) in [7, 11) is 0. The van der Waals surface area contributed by atoms with Gasteiger partial charge in [0.15, 0.2) is 0 Å². The Hall–Kier alpha value is -8.00. The molecule has 1 heteroatoms. The van der Waals surface area contributed by atoms with Crippen molar-refractivity contribution in [2.75, 3.05) is 0 Å². The van der Waals surface area contributed by atoms with Crippen molar-refractivity contribution < 1.29 is 0 Å². The number of allylic oxidation sites excluding steroid dienone is 8. The maximum Gasteiger partial charge on any atom is 0.0619 e. The minimum Gasteiger partial charge on any atom is -0.309 e. The Morgan fingerprint density at radius 2 is 1.05 bits per heavy atom. The first-order valence-electron chi connectivity index (χ1n) is 22.4. The van der Waals surface area contributed by atoms with E-state index in [-0.39, 0.29) is 0 Å². The maximum absolute atomic E-state index is 2.48. The van der Waals surface area contributed by atoms with Gasteiger partial charge in [-0.05, 0) is 122 Å². The largest absolute Gasteiger partial charge is 0.309 e. The van der Waals surface area contributed by atoms with E-state index in [1.165, 1.54) is 99.4 Å². The molecule has 10 aromatic rings. The van der Waals surface area contributed by atoms with Gasteiger partial charge in [0.25, 0.3) is 0 Å². The molecule has 0 bridgehead atoms. The van der Waals surface area contributed by atoms with Crippen molar-refractivity contribution in [3.63, 3.8) is 0 Å². The summed E-state index contributed by atoms with van der Waals surface area (Å²) >= 11 is 0. The molecule has 0 spiro atoms. The van der Waals surface area contributed by atoms with Gasteiger partial charge >= 0.3 is 0 Å². The third-order valence-electron chi connectivity index (χ3n) is 12.7. The minimum atomic E-state index is 0.848. The average molecular weight is 818 g/mol. The van der Waals surface area contributed by atoms with Crippen LogP contribution in [0.3, 0.4) is 0 Å². The van der Waals surface area contributed by atoms with E-state index in [0.717, 1.165) is 24.9 Å². The summed E-state index contributed by atoms with van der Waals surface area (Å²) in [5.41, 5.74) is 18.8. The van der Waals surface area contributed by atoms with Crippen LogP contribution in [0.1, 0.15) is 34.2 Å². The van der Waals surface area contributed by atoms with Gasteiger partial charge < -0.3 is 4.57 Å². The molecule has 0 aliphatic heterocycles. The Labute approximate surface area is 375 Å². The van der Waals surface area contributed by atoms with Crippen molar-refractivity contribution in [3.05, 3.63) is 282 Å². The quantitative estimate of drug-likeness (QED) is 0.130. The number of rotatable bonds is 10. The molecule has 0 saturated heterocycles. The van der Waals surface area contributed by atoms with Crippen molar-refractivity contribution in [2.45, 2.75) is 19.3 Å². The summed E-state index contributed by atoms with van der Waals surface area (Å²) in [5, 5.41) is 5.11. The van der Waals surface area contributed by atoms with Crippen LogP contribution in [0.4, 0.5) is 0 Å². The molecule has 1 aliphatic carbocycles. The summed E-state index contributed by atoms with van der Waals surface area (Å²) < 4.78 is 2.48. The number of fused-ring (bicyclic) bond motifs is 5. The normalized spacial score (nSPS) is 13.0. The lowest BCUT2D eigenvalue weighted by Crippen LogP contribution is -1.96. The molecule has 64 heavy (non-hydrogen) atoms. The fourth-order valence-corrected chi connectivity index (χ4v) is 9.51. The average Bonchev–Trinajstić information content (AvgIpc) is 3.50. The molecule has 1 aliphatic rings. The van der Waals surface area contributed by atoms with Crippen molar-refractivity contribution in [3.8, 4) is 27.9 Å². The molecule has 0 atom stereocenters. The van der Waals surface area contributed by atoms with Crippen LogP contribution in [0, 0.1) is 0 Å². The van der Waals surface area contributed by atoms with E-state index < -0.39 is 0 Å². The van der Waals surface area contributed by atoms with Crippen molar-refractivity contribution in [2.24, 2.45) is 0 Å². The summed E-state index contributed by atoms with van der Waals surface area (Å²) in [6.07, 6.45) is 14.1. The van der Waals surface area contributed by atoms with Crippen LogP contribution in [-0.4, -0.2) is 4.57 Å². The van der Waals surface area contributed by atoms with Gasteiger partial charge in [-0.2, -0.15) is 0 Å². The second-order valence-corrected chi connectivity index (χ2v) is 16.9. The Kier molecular flexibility index (Phi) is 10.6. The van der Waals surface area contributed by atoms with Gasteiger partial charge in [-0.15, -0.1) is 0 Å². The molecule has 0 unspecified atom stereocenters. The molecule has 1 heterocycles. The van der Waals surface area contributed by atoms with Crippen LogP contribution in [-0.2, 0) is 12.8 Å². The third kappa shape index (κ3) is 7.85. The van der Waals surface area contributed by atoms with Crippen LogP contribution >= 0.6 is 0 Å². The highest BCUT2D eigenvalue weighted by molar-refractivity contribution is 6.20. The summed E-state index contributed by atoms with van der Waals surface area (Å²) in [6.45, 7) is 0. The summed E-state index contributed by atoms with van der Waals surface area (Å²) in [4.78, 5) is 0. The first kappa shape index (κ1) is 38.9. The zero-order valence-corrected chi connectivity index (χ0v) is 35.7. The molecule has 0 fully saturated rings. The number of hydrogen-bond acceptors (Lipinski definition) is 0. The molecule has 0 N–H and O–H groups in total. The monoisotopic (exact) mass is 817 g/mol. The van der Waals surface area contributed by atoms with Crippen LogP contribution in [0.15, 0.2) is 254 Å². The standard InChI is InChI=1S/C63H47N/c1-5-16-45(17-6-1)42-56-44-61-60-43-54(49-21-9-3-10-22-49)36-39-62(60)64(63(61)59-27-14-13-26-58(56)59)57-37-34-53(35-38-57)52-32-29-47(30-33-52)41-55(50-23-11-4-12-24-50)40-46-18-15-25-51(31-28-46)48-19-7-2-8-20-48/h1-17,19-40,43-44H,18,41-42H2/b55-40-. The van der Waals surface area contributed by atoms with Gasteiger partial charge in [0.05, 0.1) is 11.0 Å². The van der Waals surface area contributed by atoms with E-state index in [1.54, 1.807) is 0 Å². The lowest BCUT2D eigenvalue weighted by Gasteiger charge is -2.14. The topological polar surface area (TPSA) is 4.93 Å². The molecule has 1 nitrogen and oxygen atoms in total. The van der Waals surface area contributed by atoms with Crippen molar-refractivity contribution in [1.82, 2.24) is 4.57 Å². The van der Waals surface area contributed by atoms with E-state index in [0.29, 0.717) is 0 Å². The molecular weight excluding hydrogens is 771 g/mol. The summed E-state index contributed by atoms with van der Waals surface area (Å²) in [6, 6.07) is 79.7. The molecule has 0 saturated carbocycles. The number of benzene rings is 9. The number of aromatic nitrogens is 1. The Bertz CT molecular complexity index is 3380. The van der Waals surface area contributed by atoms with Crippen LogP contribution in [0.2, 0.25) is 0 Å². The van der Waals surface area contributed by atoms with E-state index in [1.807, 2.05) is 0 Å². The molecule has 9 aromatic carbocycles. The summed E-state index contributed by atoms with van der Waals surface area (Å²) in [5.74, 6) is 0.